The molecule has 37 heavy (non-hydrogen) atoms. The standard InChI is InChI=1S/C30H38BrFN2O2Si/c1-30(2,3)37(26-10-6-4-7-11-26,27-12-8-5-9-13-27)36-23-21-34-18-16-33(17-19-34)20-22-35-29-15-14-25(31)24-28(29)32/h4-15,24H,16-23H2,1-3H3. The summed E-state index contributed by atoms with van der Waals surface area (Å²) in [6.45, 7) is 13.8. The minimum absolute atomic E-state index is 0.0112. The van der Waals surface area contributed by atoms with Gasteiger partial charge in [0.1, 0.15) is 6.61 Å². The van der Waals surface area contributed by atoms with E-state index in [0.717, 1.165) is 39.3 Å². The first-order chi connectivity index (χ1) is 17.8. The first-order valence-corrected chi connectivity index (χ1v) is 15.8. The van der Waals surface area contributed by atoms with Crippen molar-refractivity contribution in [1.82, 2.24) is 9.80 Å². The van der Waals surface area contributed by atoms with E-state index in [1.165, 1.54) is 16.4 Å². The van der Waals surface area contributed by atoms with Crippen molar-refractivity contribution >= 4 is 34.6 Å². The fourth-order valence-corrected chi connectivity index (χ4v) is 10.1. The van der Waals surface area contributed by atoms with Crippen LogP contribution < -0.4 is 15.1 Å². The molecule has 1 heterocycles. The summed E-state index contributed by atoms with van der Waals surface area (Å²) in [5.74, 6) is -0.0256. The van der Waals surface area contributed by atoms with Gasteiger partial charge in [0, 0.05) is 50.3 Å². The van der Waals surface area contributed by atoms with Crippen molar-refractivity contribution in [2.75, 3.05) is 52.5 Å². The lowest BCUT2D eigenvalue weighted by Gasteiger charge is -2.43. The number of piperazine rings is 1. The van der Waals surface area contributed by atoms with E-state index in [0.29, 0.717) is 23.4 Å². The Bertz CT molecular complexity index is 1080. The molecule has 7 heteroatoms. The Morgan fingerprint density at radius 2 is 1.30 bits per heavy atom. The third kappa shape index (κ3) is 6.89. The lowest BCUT2D eigenvalue weighted by atomic mass is 10.2. The van der Waals surface area contributed by atoms with Crippen LogP contribution in [0.25, 0.3) is 0 Å². The van der Waals surface area contributed by atoms with Crippen LogP contribution in [0.4, 0.5) is 4.39 Å². The molecule has 3 aromatic rings. The second kappa shape index (κ2) is 12.7. The molecular formula is C30H38BrFN2O2Si. The Hall–Kier alpha value is -2.03. The van der Waals surface area contributed by atoms with E-state index >= 15 is 0 Å². The number of ether oxygens (including phenoxy) is 1. The van der Waals surface area contributed by atoms with Crippen LogP contribution in [-0.2, 0) is 4.43 Å². The molecule has 0 N–H and O–H groups in total. The lowest BCUT2D eigenvalue weighted by Crippen LogP contribution is -2.67. The second-order valence-electron chi connectivity index (χ2n) is 10.6. The van der Waals surface area contributed by atoms with Crippen molar-refractivity contribution in [2.24, 2.45) is 0 Å². The molecular weight excluding hydrogens is 547 g/mol. The predicted molar refractivity (Wildman–Crippen MR) is 156 cm³/mol. The molecule has 0 spiro atoms. The van der Waals surface area contributed by atoms with Gasteiger partial charge in [-0.1, -0.05) is 97.4 Å². The van der Waals surface area contributed by atoms with E-state index in [1.807, 2.05) is 0 Å². The van der Waals surface area contributed by atoms with Gasteiger partial charge in [0.25, 0.3) is 8.32 Å². The van der Waals surface area contributed by atoms with Crippen molar-refractivity contribution in [3.63, 3.8) is 0 Å². The molecule has 0 radical (unpaired) electrons. The molecule has 0 amide bonds. The quantitative estimate of drug-likeness (QED) is 0.307. The van der Waals surface area contributed by atoms with Crippen LogP contribution in [0.15, 0.2) is 83.3 Å². The Balaban J connectivity index is 1.31. The zero-order valence-corrected chi connectivity index (χ0v) is 24.7. The van der Waals surface area contributed by atoms with Gasteiger partial charge >= 0.3 is 0 Å². The van der Waals surface area contributed by atoms with Crippen LogP contribution in [-0.4, -0.2) is 70.6 Å². The average Bonchev–Trinajstić information content (AvgIpc) is 2.89. The molecule has 1 aliphatic heterocycles. The van der Waals surface area contributed by atoms with Gasteiger partial charge in [-0.15, -0.1) is 0 Å². The zero-order valence-electron chi connectivity index (χ0n) is 22.1. The number of nitrogens with zero attached hydrogens (tertiary/aromatic N) is 2. The molecule has 0 bridgehead atoms. The third-order valence-corrected chi connectivity index (χ3v) is 12.7. The molecule has 198 valence electrons. The highest BCUT2D eigenvalue weighted by Crippen LogP contribution is 2.36. The maximum atomic E-state index is 14.0. The smallest absolute Gasteiger partial charge is 0.261 e. The van der Waals surface area contributed by atoms with Crippen molar-refractivity contribution in [2.45, 2.75) is 25.8 Å². The zero-order chi connectivity index (χ0) is 26.3. The number of rotatable bonds is 10. The van der Waals surface area contributed by atoms with Gasteiger partial charge in [-0.25, -0.2) is 4.39 Å². The minimum atomic E-state index is -2.49. The highest BCUT2D eigenvalue weighted by molar-refractivity contribution is 9.10. The summed E-state index contributed by atoms with van der Waals surface area (Å²) in [5, 5.41) is 2.63. The number of halogens is 2. The number of benzene rings is 3. The highest BCUT2D eigenvalue weighted by Gasteiger charge is 2.50. The molecule has 4 nitrogen and oxygen atoms in total. The molecule has 3 aromatic carbocycles. The highest BCUT2D eigenvalue weighted by atomic mass is 79.9. The van der Waals surface area contributed by atoms with E-state index in [2.05, 4.69) is 107 Å². The first-order valence-electron chi connectivity index (χ1n) is 13.1. The van der Waals surface area contributed by atoms with Crippen molar-refractivity contribution in [3.05, 3.63) is 89.2 Å². The van der Waals surface area contributed by atoms with Gasteiger partial charge in [0.15, 0.2) is 11.6 Å². The van der Waals surface area contributed by atoms with Crippen molar-refractivity contribution < 1.29 is 13.6 Å². The van der Waals surface area contributed by atoms with Gasteiger partial charge < -0.3 is 9.16 Å². The Morgan fingerprint density at radius 1 is 0.784 bits per heavy atom. The molecule has 4 rings (SSSR count). The number of hydrogen-bond donors (Lipinski definition) is 0. The summed E-state index contributed by atoms with van der Waals surface area (Å²) in [7, 11) is -2.49. The van der Waals surface area contributed by atoms with Crippen molar-refractivity contribution in [1.29, 1.82) is 0 Å². The van der Waals surface area contributed by atoms with Crippen LogP contribution in [0.5, 0.6) is 5.75 Å². The van der Waals surface area contributed by atoms with E-state index < -0.39 is 8.32 Å². The first kappa shape index (κ1) is 28.0. The van der Waals surface area contributed by atoms with E-state index in [4.69, 9.17) is 9.16 Å². The number of hydrogen-bond acceptors (Lipinski definition) is 4. The van der Waals surface area contributed by atoms with Crippen LogP contribution in [0.1, 0.15) is 20.8 Å². The summed E-state index contributed by atoms with van der Waals surface area (Å²) in [6.07, 6.45) is 0. The summed E-state index contributed by atoms with van der Waals surface area (Å²) in [5.41, 5.74) is 0. The second-order valence-corrected chi connectivity index (χ2v) is 15.8. The Morgan fingerprint density at radius 3 is 1.78 bits per heavy atom. The van der Waals surface area contributed by atoms with Gasteiger partial charge in [0.2, 0.25) is 0 Å². The van der Waals surface area contributed by atoms with Gasteiger partial charge in [0.05, 0.1) is 0 Å². The third-order valence-electron chi connectivity index (χ3n) is 7.17. The van der Waals surface area contributed by atoms with Gasteiger partial charge in [-0.3, -0.25) is 9.80 Å². The molecule has 1 saturated heterocycles. The summed E-state index contributed by atoms with van der Waals surface area (Å²) in [4.78, 5) is 4.87. The fraction of sp³-hybridized carbons (Fsp3) is 0.400. The lowest BCUT2D eigenvalue weighted by molar-refractivity contribution is 0.103. The molecule has 0 atom stereocenters. The molecule has 0 unspecified atom stereocenters. The maximum Gasteiger partial charge on any atom is 0.261 e. The Labute approximate surface area is 230 Å². The largest absolute Gasteiger partial charge is 0.489 e. The summed E-state index contributed by atoms with van der Waals surface area (Å²) < 4.78 is 27.4. The Kier molecular flexibility index (Phi) is 9.59. The van der Waals surface area contributed by atoms with Gasteiger partial charge in [-0.05, 0) is 33.6 Å². The van der Waals surface area contributed by atoms with Gasteiger partial charge in [-0.2, -0.15) is 0 Å². The van der Waals surface area contributed by atoms with Crippen LogP contribution in [0.3, 0.4) is 0 Å². The molecule has 1 aliphatic rings. The SMILES string of the molecule is CC(C)(C)[Si](OCCN1CCN(CCOc2ccc(Br)cc2F)CC1)(c1ccccc1)c1ccccc1. The molecule has 1 fully saturated rings. The van der Waals surface area contributed by atoms with E-state index in [-0.39, 0.29) is 10.9 Å². The molecule has 0 aromatic heterocycles. The minimum Gasteiger partial charge on any atom is -0.489 e. The van der Waals surface area contributed by atoms with E-state index in [9.17, 15) is 4.39 Å². The van der Waals surface area contributed by atoms with Crippen LogP contribution >= 0.6 is 15.9 Å². The summed E-state index contributed by atoms with van der Waals surface area (Å²) in [6, 6.07) is 26.5. The van der Waals surface area contributed by atoms with Crippen molar-refractivity contribution in [3.8, 4) is 5.75 Å². The average molecular weight is 586 g/mol. The fourth-order valence-electron chi connectivity index (χ4n) is 5.20. The maximum absolute atomic E-state index is 14.0. The van der Waals surface area contributed by atoms with Crippen LogP contribution in [0, 0.1) is 5.82 Å². The monoisotopic (exact) mass is 584 g/mol. The summed E-state index contributed by atoms with van der Waals surface area (Å²) >= 11 is 3.28. The predicted octanol–water partition coefficient (Wildman–Crippen LogP) is 5.16. The molecule has 0 aliphatic carbocycles. The topological polar surface area (TPSA) is 24.9 Å². The van der Waals surface area contributed by atoms with Crippen LogP contribution in [0.2, 0.25) is 5.04 Å². The van der Waals surface area contributed by atoms with E-state index in [1.54, 1.807) is 12.1 Å². The molecule has 0 saturated carbocycles. The normalized spacial score (nSPS) is 15.6.